The third kappa shape index (κ3) is 3.86. The van der Waals surface area contributed by atoms with E-state index in [-0.39, 0.29) is 29.1 Å². The van der Waals surface area contributed by atoms with Crippen LogP contribution in [0.2, 0.25) is 0 Å². The summed E-state index contributed by atoms with van der Waals surface area (Å²) in [5, 5.41) is 1.81. The van der Waals surface area contributed by atoms with Gasteiger partial charge in [0.25, 0.3) is 5.56 Å². The van der Waals surface area contributed by atoms with Crippen molar-refractivity contribution >= 4 is 28.7 Å². The van der Waals surface area contributed by atoms with Crippen LogP contribution in [0.1, 0.15) is 36.9 Å². The number of fused-ring (bicyclic) bond motifs is 1. The number of hydrogen-bond acceptors (Lipinski definition) is 6. The normalized spacial score (nSPS) is 10.8. The molecule has 0 spiro atoms. The van der Waals surface area contributed by atoms with E-state index in [1.165, 1.54) is 21.8 Å². The standard InChI is InChI=1S/C22H16N2O4S/c1-14-8-9-24-19(11-14)23-15(12-20(24)25)13-28-22(27)17-6-3-2-5-16(17)21(26)18-7-4-10-29-18/h2-12H,13H2,1H3. The molecule has 6 nitrogen and oxygen atoms in total. The van der Waals surface area contributed by atoms with E-state index in [1.807, 2.05) is 13.0 Å². The molecule has 0 fully saturated rings. The van der Waals surface area contributed by atoms with Gasteiger partial charge >= 0.3 is 5.97 Å². The van der Waals surface area contributed by atoms with Crippen molar-refractivity contribution in [3.05, 3.63) is 104 Å². The maximum absolute atomic E-state index is 12.7. The number of ether oxygens (including phenoxy) is 1. The number of esters is 1. The molecule has 29 heavy (non-hydrogen) atoms. The van der Waals surface area contributed by atoms with E-state index in [1.54, 1.807) is 54.0 Å². The van der Waals surface area contributed by atoms with Crippen molar-refractivity contribution in [3.8, 4) is 0 Å². The number of aryl methyl sites for hydroxylation is 1. The zero-order valence-electron chi connectivity index (χ0n) is 15.5. The molecule has 0 amide bonds. The predicted octanol–water partition coefficient (Wildman–Crippen LogP) is 3.65. The molecule has 4 aromatic rings. The number of thiophene rings is 1. The van der Waals surface area contributed by atoms with E-state index in [4.69, 9.17) is 4.74 Å². The fourth-order valence-corrected chi connectivity index (χ4v) is 3.62. The summed E-state index contributed by atoms with van der Waals surface area (Å²) in [4.78, 5) is 42.5. The molecule has 0 N–H and O–H groups in total. The molecule has 0 unspecified atom stereocenters. The second kappa shape index (κ2) is 7.81. The monoisotopic (exact) mass is 404 g/mol. The minimum atomic E-state index is -0.642. The molecular formula is C22H16N2O4S. The highest BCUT2D eigenvalue weighted by Gasteiger charge is 2.20. The Morgan fingerprint density at radius 1 is 1.07 bits per heavy atom. The van der Waals surface area contributed by atoms with E-state index in [0.29, 0.717) is 16.2 Å². The summed E-state index contributed by atoms with van der Waals surface area (Å²) in [5.74, 6) is -0.873. The Hall–Kier alpha value is -3.58. The predicted molar refractivity (Wildman–Crippen MR) is 110 cm³/mol. The average molecular weight is 404 g/mol. The first-order valence-corrected chi connectivity index (χ1v) is 9.74. The number of hydrogen-bond donors (Lipinski definition) is 0. The number of carbonyl (C=O) groups excluding carboxylic acids is 2. The lowest BCUT2D eigenvalue weighted by molar-refractivity contribution is 0.0465. The van der Waals surface area contributed by atoms with Gasteiger partial charge in [-0.25, -0.2) is 9.78 Å². The summed E-state index contributed by atoms with van der Waals surface area (Å²) in [6.07, 6.45) is 1.65. The molecule has 4 rings (SSSR count). The first-order valence-electron chi connectivity index (χ1n) is 8.86. The summed E-state index contributed by atoms with van der Waals surface area (Å²) < 4.78 is 6.78. The Morgan fingerprint density at radius 2 is 1.86 bits per heavy atom. The van der Waals surface area contributed by atoms with Crippen LogP contribution in [-0.2, 0) is 11.3 Å². The van der Waals surface area contributed by atoms with Crippen LogP contribution >= 0.6 is 11.3 Å². The van der Waals surface area contributed by atoms with E-state index >= 15 is 0 Å². The summed E-state index contributed by atoms with van der Waals surface area (Å²) in [6.45, 7) is 1.74. The van der Waals surface area contributed by atoms with Crippen molar-refractivity contribution < 1.29 is 14.3 Å². The molecule has 1 aromatic carbocycles. The number of carbonyl (C=O) groups is 2. The van der Waals surface area contributed by atoms with E-state index < -0.39 is 5.97 Å². The van der Waals surface area contributed by atoms with Crippen LogP contribution in [0.4, 0.5) is 0 Å². The van der Waals surface area contributed by atoms with Gasteiger partial charge < -0.3 is 4.74 Å². The first-order chi connectivity index (χ1) is 14.0. The number of ketones is 1. The molecule has 0 aliphatic heterocycles. The number of pyridine rings is 1. The molecule has 7 heteroatoms. The van der Waals surface area contributed by atoms with E-state index in [0.717, 1.165) is 5.56 Å². The largest absolute Gasteiger partial charge is 0.456 e. The van der Waals surface area contributed by atoms with Crippen molar-refractivity contribution in [1.29, 1.82) is 0 Å². The Bertz CT molecular complexity index is 1280. The van der Waals surface area contributed by atoms with Gasteiger partial charge in [0.1, 0.15) is 12.3 Å². The maximum atomic E-state index is 12.7. The lowest BCUT2D eigenvalue weighted by atomic mass is 10.0. The molecular weight excluding hydrogens is 388 g/mol. The maximum Gasteiger partial charge on any atom is 0.339 e. The van der Waals surface area contributed by atoms with Crippen molar-refractivity contribution in [1.82, 2.24) is 9.38 Å². The van der Waals surface area contributed by atoms with Crippen LogP contribution in [0.5, 0.6) is 0 Å². The lowest BCUT2D eigenvalue weighted by Crippen LogP contribution is -2.17. The van der Waals surface area contributed by atoms with Crippen LogP contribution in [0.3, 0.4) is 0 Å². The fourth-order valence-electron chi connectivity index (χ4n) is 2.94. The Kier molecular flexibility index (Phi) is 5.05. The van der Waals surface area contributed by atoms with Crippen LogP contribution in [0, 0.1) is 6.92 Å². The molecule has 0 bridgehead atoms. The van der Waals surface area contributed by atoms with Crippen molar-refractivity contribution in [2.75, 3.05) is 0 Å². The molecule has 3 aromatic heterocycles. The first kappa shape index (κ1) is 18.8. The van der Waals surface area contributed by atoms with E-state index in [9.17, 15) is 14.4 Å². The van der Waals surface area contributed by atoms with Gasteiger partial charge in [0.2, 0.25) is 5.78 Å². The van der Waals surface area contributed by atoms with Crippen LogP contribution in [-0.4, -0.2) is 21.1 Å². The Morgan fingerprint density at radius 3 is 2.62 bits per heavy atom. The average Bonchev–Trinajstić information content (AvgIpc) is 3.26. The van der Waals surface area contributed by atoms with Gasteiger partial charge in [-0.15, -0.1) is 11.3 Å². The van der Waals surface area contributed by atoms with Crippen molar-refractivity contribution in [3.63, 3.8) is 0 Å². The number of rotatable bonds is 5. The van der Waals surface area contributed by atoms with Crippen LogP contribution < -0.4 is 5.56 Å². The zero-order valence-corrected chi connectivity index (χ0v) is 16.3. The van der Waals surface area contributed by atoms with Crippen molar-refractivity contribution in [2.45, 2.75) is 13.5 Å². The molecule has 3 heterocycles. The number of nitrogens with zero attached hydrogens (tertiary/aromatic N) is 2. The second-order valence-corrected chi connectivity index (χ2v) is 7.39. The molecule has 144 valence electrons. The lowest BCUT2D eigenvalue weighted by Gasteiger charge is -2.09. The van der Waals surface area contributed by atoms with E-state index in [2.05, 4.69) is 4.98 Å². The topological polar surface area (TPSA) is 77.7 Å². The molecule has 0 saturated heterocycles. The van der Waals surface area contributed by atoms with Crippen LogP contribution in [0.15, 0.2) is 71.0 Å². The van der Waals surface area contributed by atoms with Gasteiger partial charge in [0.15, 0.2) is 0 Å². The van der Waals surface area contributed by atoms with Gasteiger partial charge in [-0.1, -0.05) is 24.3 Å². The van der Waals surface area contributed by atoms with Gasteiger partial charge in [0.05, 0.1) is 16.1 Å². The molecule has 0 saturated carbocycles. The Labute approximate surface area is 170 Å². The highest BCUT2D eigenvalue weighted by molar-refractivity contribution is 7.12. The molecule has 0 aliphatic rings. The van der Waals surface area contributed by atoms with Gasteiger partial charge in [-0.2, -0.15) is 0 Å². The second-order valence-electron chi connectivity index (χ2n) is 6.45. The minimum Gasteiger partial charge on any atom is -0.456 e. The third-order valence-electron chi connectivity index (χ3n) is 4.36. The summed E-state index contributed by atoms with van der Waals surface area (Å²) in [5.41, 5.74) is 2.00. The minimum absolute atomic E-state index is 0.167. The smallest absolute Gasteiger partial charge is 0.339 e. The van der Waals surface area contributed by atoms with Crippen LogP contribution in [0.25, 0.3) is 5.65 Å². The van der Waals surface area contributed by atoms with Gasteiger partial charge in [0, 0.05) is 17.8 Å². The van der Waals surface area contributed by atoms with Gasteiger partial charge in [-0.3, -0.25) is 14.0 Å². The number of benzene rings is 1. The fraction of sp³-hybridized carbons (Fsp3) is 0.0909. The third-order valence-corrected chi connectivity index (χ3v) is 5.23. The Balaban J connectivity index is 1.58. The zero-order chi connectivity index (χ0) is 20.4. The summed E-state index contributed by atoms with van der Waals surface area (Å²) in [6, 6.07) is 14.9. The summed E-state index contributed by atoms with van der Waals surface area (Å²) >= 11 is 1.31. The SMILES string of the molecule is Cc1ccn2c(=O)cc(COC(=O)c3ccccc3C(=O)c3cccs3)nc2c1. The number of aromatic nitrogens is 2. The summed E-state index contributed by atoms with van der Waals surface area (Å²) in [7, 11) is 0. The molecule has 0 atom stereocenters. The van der Waals surface area contributed by atoms with Gasteiger partial charge in [-0.05, 0) is 42.1 Å². The highest BCUT2D eigenvalue weighted by atomic mass is 32.1. The molecule has 0 radical (unpaired) electrons. The highest BCUT2D eigenvalue weighted by Crippen LogP contribution is 2.19. The molecule has 0 aliphatic carbocycles. The van der Waals surface area contributed by atoms with Crippen molar-refractivity contribution in [2.24, 2.45) is 0 Å². The quantitative estimate of drug-likeness (QED) is 0.375.